The first-order chi connectivity index (χ1) is 11.0. The number of aromatic nitrogens is 2. The van der Waals surface area contributed by atoms with Crippen molar-refractivity contribution in [2.75, 3.05) is 13.2 Å². The second kappa shape index (κ2) is 6.00. The van der Waals surface area contributed by atoms with Crippen LogP contribution in [0.5, 0.6) is 5.75 Å². The predicted molar refractivity (Wildman–Crippen MR) is 81.1 cm³/mol. The Balaban J connectivity index is 1.75. The summed E-state index contributed by atoms with van der Waals surface area (Å²) in [5.74, 6) is -1.31. The molecule has 1 fully saturated rings. The Morgan fingerprint density at radius 2 is 2.30 bits per heavy atom. The maximum atomic E-state index is 13.8. The van der Waals surface area contributed by atoms with E-state index >= 15 is 0 Å². The highest BCUT2D eigenvalue weighted by molar-refractivity contribution is 5.94. The Morgan fingerprint density at radius 1 is 1.52 bits per heavy atom. The minimum absolute atomic E-state index is 0.144. The first-order valence-corrected chi connectivity index (χ1v) is 7.44. The van der Waals surface area contributed by atoms with Crippen molar-refractivity contribution in [3.63, 3.8) is 0 Å². The molecule has 1 amide bonds. The van der Waals surface area contributed by atoms with Gasteiger partial charge in [-0.15, -0.1) is 0 Å². The number of nitrogens with zero attached hydrogens (tertiary/aromatic N) is 2. The normalized spacial score (nSPS) is 20.6. The number of carbonyl (C=O) groups excluding carboxylic acids is 1. The van der Waals surface area contributed by atoms with Gasteiger partial charge in [0.1, 0.15) is 11.5 Å². The summed E-state index contributed by atoms with van der Waals surface area (Å²) < 4.78 is 20.5. The summed E-state index contributed by atoms with van der Waals surface area (Å²) in [6.07, 6.45) is 3.03. The number of carbonyl (C=O) groups is 1. The number of aromatic hydroxyl groups is 1. The molecule has 7 heteroatoms. The van der Waals surface area contributed by atoms with Gasteiger partial charge in [-0.2, -0.15) is 5.10 Å². The van der Waals surface area contributed by atoms with Gasteiger partial charge in [0.2, 0.25) is 0 Å². The highest BCUT2D eigenvalue weighted by Gasteiger charge is 2.31. The van der Waals surface area contributed by atoms with Crippen LogP contribution in [0.4, 0.5) is 4.39 Å². The molecule has 2 N–H and O–H groups in total. The van der Waals surface area contributed by atoms with Crippen LogP contribution < -0.4 is 5.32 Å². The number of benzene rings is 1. The number of rotatable bonds is 4. The van der Waals surface area contributed by atoms with E-state index < -0.39 is 11.7 Å². The Kier molecular flexibility index (Phi) is 4.04. The first kappa shape index (κ1) is 15.5. The van der Waals surface area contributed by atoms with E-state index in [-0.39, 0.29) is 22.7 Å². The number of para-hydroxylation sites is 1. The van der Waals surface area contributed by atoms with Crippen LogP contribution in [0.25, 0.3) is 5.69 Å². The minimum Gasteiger partial charge on any atom is -0.504 e. The molecule has 0 aliphatic carbocycles. The van der Waals surface area contributed by atoms with Crippen LogP contribution in [-0.4, -0.2) is 39.5 Å². The van der Waals surface area contributed by atoms with Gasteiger partial charge in [-0.1, -0.05) is 12.1 Å². The molecule has 1 aromatic heterocycles. The Morgan fingerprint density at radius 3 is 3.00 bits per heavy atom. The standard InChI is InChI=1S/C16H18FN3O3/c1-16(7-4-8-23-16)10-18-15(22)14-13(21)9-20(19-14)12-6-3-2-5-11(12)17/h2-3,5-6,9,21H,4,7-8,10H2,1H3,(H,18,22). The zero-order valence-corrected chi connectivity index (χ0v) is 12.8. The number of halogens is 1. The van der Waals surface area contributed by atoms with Crippen LogP contribution >= 0.6 is 0 Å². The van der Waals surface area contributed by atoms with Gasteiger partial charge in [-0.05, 0) is 31.9 Å². The summed E-state index contributed by atoms with van der Waals surface area (Å²) in [5.41, 5.74) is -0.373. The van der Waals surface area contributed by atoms with Gasteiger partial charge < -0.3 is 15.2 Å². The summed E-state index contributed by atoms with van der Waals surface area (Å²) >= 11 is 0. The average molecular weight is 319 g/mol. The lowest BCUT2D eigenvalue weighted by Crippen LogP contribution is -2.40. The molecule has 1 aliphatic heterocycles. The number of amides is 1. The maximum Gasteiger partial charge on any atom is 0.275 e. The lowest BCUT2D eigenvalue weighted by Gasteiger charge is -2.23. The molecule has 1 atom stereocenters. The summed E-state index contributed by atoms with van der Waals surface area (Å²) in [5, 5.41) is 16.6. The molecule has 0 saturated carbocycles. The number of nitrogens with one attached hydrogen (secondary N) is 1. The van der Waals surface area contributed by atoms with E-state index in [1.807, 2.05) is 6.92 Å². The molecule has 0 spiro atoms. The SMILES string of the molecule is CC1(CNC(=O)c2nn(-c3ccccc3F)cc2O)CCCO1. The second-order valence-electron chi connectivity index (χ2n) is 5.84. The predicted octanol–water partition coefficient (Wildman–Crippen LogP) is 2.02. The van der Waals surface area contributed by atoms with E-state index in [0.717, 1.165) is 17.5 Å². The molecule has 1 saturated heterocycles. The molecule has 1 aromatic carbocycles. The highest BCUT2D eigenvalue weighted by atomic mass is 19.1. The molecule has 6 nitrogen and oxygen atoms in total. The fourth-order valence-corrected chi connectivity index (χ4v) is 2.61. The van der Waals surface area contributed by atoms with Gasteiger partial charge in [0, 0.05) is 13.2 Å². The van der Waals surface area contributed by atoms with Gasteiger partial charge in [0.15, 0.2) is 11.4 Å². The third kappa shape index (κ3) is 3.19. The van der Waals surface area contributed by atoms with Gasteiger partial charge in [0.05, 0.1) is 11.8 Å². The molecule has 2 aromatic rings. The molecular weight excluding hydrogens is 301 g/mol. The van der Waals surface area contributed by atoms with Crippen molar-refractivity contribution < 1.29 is 19.0 Å². The Labute approximate surface area is 132 Å². The topological polar surface area (TPSA) is 76.4 Å². The van der Waals surface area contributed by atoms with E-state index in [9.17, 15) is 14.3 Å². The van der Waals surface area contributed by atoms with Crippen molar-refractivity contribution in [3.05, 3.63) is 42.0 Å². The monoisotopic (exact) mass is 319 g/mol. The zero-order valence-electron chi connectivity index (χ0n) is 12.8. The first-order valence-electron chi connectivity index (χ1n) is 7.44. The second-order valence-corrected chi connectivity index (χ2v) is 5.84. The van der Waals surface area contributed by atoms with Crippen LogP contribution in [0.15, 0.2) is 30.5 Å². The van der Waals surface area contributed by atoms with Crippen LogP contribution in [0.1, 0.15) is 30.3 Å². The van der Waals surface area contributed by atoms with E-state index in [1.165, 1.54) is 18.3 Å². The molecule has 2 heterocycles. The highest BCUT2D eigenvalue weighted by Crippen LogP contribution is 2.24. The lowest BCUT2D eigenvalue weighted by molar-refractivity contribution is 0.0205. The van der Waals surface area contributed by atoms with Gasteiger partial charge in [-0.3, -0.25) is 4.79 Å². The molecule has 23 heavy (non-hydrogen) atoms. The molecule has 122 valence electrons. The number of ether oxygens (including phenoxy) is 1. The minimum atomic E-state index is -0.519. The van der Waals surface area contributed by atoms with Crippen LogP contribution in [0.2, 0.25) is 0 Å². The summed E-state index contributed by atoms with van der Waals surface area (Å²) in [6.45, 7) is 2.94. The Bertz CT molecular complexity index is 723. The van der Waals surface area contributed by atoms with Crippen molar-refractivity contribution in [1.29, 1.82) is 0 Å². The summed E-state index contributed by atoms with van der Waals surface area (Å²) in [4.78, 5) is 12.2. The van der Waals surface area contributed by atoms with Crippen molar-refractivity contribution >= 4 is 5.91 Å². The fourth-order valence-electron chi connectivity index (χ4n) is 2.61. The largest absolute Gasteiger partial charge is 0.504 e. The average Bonchev–Trinajstić information content (AvgIpc) is 3.12. The zero-order chi connectivity index (χ0) is 16.4. The lowest BCUT2D eigenvalue weighted by atomic mass is 10.0. The third-order valence-electron chi connectivity index (χ3n) is 3.93. The fraction of sp³-hybridized carbons (Fsp3) is 0.375. The quantitative estimate of drug-likeness (QED) is 0.904. The van der Waals surface area contributed by atoms with Crippen molar-refractivity contribution in [1.82, 2.24) is 15.1 Å². The van der Waals surface area contributed by atoms with E-state index in [2.05, 4.69) is 10.4 Å². The third-order valence-corrected chi connectivity index (χ3v) is 3.93. The number of hydrogen-bond acceptors (Lipinski definition) is 4. The molecule has 1 unspecified atom stereocenters. The molecule has 0 radical (unpaired) electrons. The molecule has 0 bridgehead atoms. The number of hydrogen-bond donors (Lipinski definition) is 2. The smallest absolute Gasteiger partial charge is 0.275 e. The Hall–Kier alpha value is -2.41. The van der Waals surface area contributed by atoms with Crippen molar-refractivity contribution in [2.45, 2.75) is 25.4 Å². The van der Waals surface area contributed by atoms with Crippen molar-refractivity contribution in [2.24, 2.45) is 0 Å². The van der Waals surface area contributed by atoms with Crippen LogP contribution in [-0.2, 0) is 4.74 Å². The van der Waals surface area contributed by atoms with Crippen LogP contribution in [0, 0.1) is 5.82 Å². The van der Waals surface area contributed by atoms with E-state index in [0.29, 0.717) is 13.2 Å². The van der Waals surface area contributed by atoms with Crippen LogP contribution in [0.3, 0.4) is 0 Å². The summed E-state index contributed by atoms with van der Waals surface area (Å²) in [7, 11) is 0. The van der Waals surface area contributed by atoms with Crippen molar-refractivity contribution in [3.8, 4) is 11.4 Å². The van der Waals surface area contributed by atoms with Gasteiger partial charge in [0.25, 0.3) is 5.91 Å². The molecule has 1 aliphatic rings. The van der Waals surface area contributed by atoms with E-state index in [4.69, 9.17) is 4.74 Å². The molecular formula is C16H18FN3O3. The molecule has 3 rings (SSSR count). The van der Waals surface area contributed by atoms with E-state index in [1.54, 1.807) is 12.1 Å². The van der Waals surface area contributed by atoms with Gasteiger partial charge in [-0.25, -0.2) is 9.07 Å². The maximum absolute atomic E-state index is 13.8. The van der Waals surface area contributed by atoms with Gasteiger partial charge >= 0.3 is 0 Å². The summed E-state index contributed by atoms with van der Waals surface area (Å²) in [6, 6.07) is 6.00.